The van der Waals surface area contributed by atoms with Crippen LogP contribution in [0.3, 0.4) is 0 Å². The van der Waals surface area contributed by atoms with Crippen LogP contribution in [0.25, 0.3) is 0 Å². The van der Waals surface area contributed by atoms with Crippen LogP contribution in [0.4, 0.5) is 0 Å². The van der Waals surface area contributed by atoms with Crippen molar-refractivity contribution in [1.29, 1.82) is 0 Å². The van der Waals surface area contributed by atoms with E-state index in [0.717, 1.165) is 0 Å². The Hall–Kier alpha value is -1.52. The molecule has 0 bridgehead atoms. The van der Waals surface area contributed by atoms with Gasteiger partial charge in [-0.25, -0.2) is 9.78 Å². The van der Waals surface area contributed by atoms with E-state index in [9.17, 15) is 4.79 Å². The second-order valence-corrected chi connectivity index (χ2v) is 3.55. The molecule has 15 heavy (non-hydrogen) atoms. The highest BCUT2D eigenvalue weighted by Crippen LogP contribution is 2.22. The van der Waals surface area contributed by atoms with E-state index in [2.05, 4.69) is 9.72 Å². The number of hydrogen-bond acceptors (Lipinski definition) is 5. The van der Waals surface area contributed by atoms with Gasteiger partial charge in [0.15, 0.2) is 0 Å². The van der Waals surface area contributed by atoms with Gasteiger partial charge in [-0.2, -0.15) is 0 Å². The quantitative estimate of drug-likeness (QED) is 0.712. The van der Waals surface area contributed by atoms with Crippen molar-refractivity contribution in [3.05, 3.63) is 11.6 Å². The first-order chi connectivity index (χ1) is 7.08. The first-order valence-electron chi connectivity index (χ1n) is 4.70. The molecule has 1 aromatic heterocycles. The monoisotopic (exact) mass is 213 g/mol. The average Bonchev–Trinajstić information content (AvgIpc) is 2.59. The normalized spacial score (nSPS) is 10.5. The maximum Gasteiger partial charge on any atom is 0.394 e. The van der Waals surface area contributed by atoms with Gasteiger partial charge < -0.3 is 13.9 Å². The number of esters is 1. The second kappa shape index (κ2) is 4.82. The van der Waals surface area contributed by atoms with E-state index < -0.39 is 5.97 Å². The van der Waals surface area contributed by atoms with Crippen molar-refractivity contribution in [3.63, 3.8) is 0 Å². The summed E-state index contributed by atoms with van der Waals surface area (Å²) in [6.07, 6.45) is 0.698. The molecule has 5 heteroatoms. The molecule has 0 aliphatic carbocycles. The van der Waals surface area contributed by atoms with Crippen molar-refractivity contribution in [2.45, 2.75) is 20.3 Å². The Morgan fingerprint density at radius 2 is 2.13 bits per heavy atom. The molecule has 5 nitrogen and oxygen atoms in total. The van der Waals surface area contributed by atoms with Crippen LogP contribution < -0.4 is 4.74 Å². The third-order valence-electron chi connectivity index (χ3n) is 1.81. The Kier molecular flexibility index (Phi) is 3.71. The van der Waals surface area contributed by atoms with E-state index in [-0.39, 0.29) is 11.8 Å². The third-order valence-corrected chi connectivity index (χ3v) is 1.81. The highest BCUT2D eigenvalue weighted by atomic mass is 16.6. The van der Waals surface area contributed by atoms with Crippen LogP contribution >= 0.6 is 0 Å². The fraction of sp³-hybridized carbons (Fsp3) is 0.600. The minimum absolute atomic E-state index is 0.0648. The summed E-state index contributed by atoms with van der Waals surface area (Å²) in [6.45, 7) is 4.10. The van der Waals surface area contributed by atoms with Crippen LogP contribution in [0, 0.1) is 5.92 Å². The van der Waals surface area contributed by atoms with Gasteiger partial charge >= 0.3 is 17.8 Å². The zero-order chi connectivity index (χ0) is 11.4. The van der Waals surface area contributed by atoms with Crippen LogP contribution in [0.1, 0.15) is 30.2 Å². The van der Waals surface area contributed by atoms with Gasteiger partial charge in [0.05, 0.1) is 14.2 Å². The fourth-order valence-corrected chi connectivity index (χ4v) is 1.19. The van der Waals surface area contributed by atoms with Crippen molar-refractivity contribution >= 4 is 5.97 Å². The lowest BCUT2D eigenvalue weighted by Gasteiger charge is -2.01. The Labute approximate surface area is 88.4 Å². The van der Waals surface area contributed by atoms with Crippen molar-refractivity contribution in [3.8, 4) is 5.95 Å². The molecule has 0 amide bonds. The Bertz CT molecular complexity index is 343. The number of hydrogen-bond donors (Lipinski definition) is 0. The van der Waals surface area contributed by atoms with Crippen molar-refractivity contribution in [2.75, 3.05) is 14.2 Å². The highest BCUT2D eigenvalue weighted by molar-refractivity contribution is 5.84. The van der Waals surface area contributed by atoms with Crippen LogP contribution in [-0.4, -0.2) is 25.2 Å². The first kappa shape index (κ1) is 11.6. The molecule has 0 N–H and O–H groups in total. The van der Waals surface area contributed by atoms with Gasteiger partial charge in [0, 0.05) is 0 Å². The number of carbonyl (C=O) groups is 1. The van der Waals surface area contributed by atoms with Crippen LogP contribution in [0.5, 0.6) is 5.95 Å². The summed E-state index contributed by atoms with van der Waals surface area (Å²) < 4.78 is 14.6. The lowest BCUT2D eigenvalue weighted by Crippen LogP contribution is -2.02. The van der Waals surface area contributed by atoms with Gasteiger partial charge in [0.2, 0.25) is 0 Å². The van der Waals surface area contributed by atoms with Crippen molar-refractivity contribution in [2.24, 2.45) is 5.92 Å². The number of oxazole rings is 1. The van der Waals surface area contributed by atoms with Gasteiger partial charge in [-0.05, 0) is 12.3 Å². The molecule has 0 atom stereocenters. The lowest BCUT2D eigenvalue weighted by molar-refractivity contribution is 0.0550. The second-order valence-electron chi connectivity index (χ2n) is 3.55. The molecule has 0 spiro atoms. The summed E-state index contributed by atoms with van der Waals surface area (Å²) in [4.78, 5) is 15.2. The Morgan fingerprint density at radius 3 is 2.60 bits per heavy atom. The summed E-state index contributed by atoms with van der Waals surface area (Å²) >= 11 is 0. The van der Waals surface area contributed by atoms with Gasteiger partial charge in [0.25, 0.3) is 0 Å². The van der Waals surface area contributed by atoms with E-state index in [0.29, 0.717) is 18.0 Å². The molecule has 84 valence electrons. The molecular weight excluding hydrogens is 198 g/mol. The summed E-state index contributed by atoms with van der Waals surface area (Å²) in [5.41, 5.74) is 0.646. The lowest BCUT2D eigenvalue weighted by atomic mass is 10.1. The number of methoxy groups -OCH3 is 2. The predicted octanol–water partition coefficient (Wildman–Crippen LogP) is 1.67. The number of nitrogens with zero attached hydrogens (tertiary/aromatic N) is 1. The SMILES string of the molecule is COC(=O)c1nc(CC(C)C)c(OC)o1. The Morgan fingerprint density at radius 1 is 1.47 bits per heavy atom. The molecule has 0 fully saturated rings. The molecule has 1 aromatic rings. The van der Waals surface area contributed by atoms with Crippen LogP contribution in [0.2, 0.25) is 0 Å². The number of carbonyl (C=O) groups excluding carboxylic acids is 1. The molecule has 0 unspecified atom stereocenters. The standard InChI is InChI=1S/C10H15NO4/c1-6(2)5-7-10(14-4)15-8(11-7)9(12)13-3/h6H,5H2,1-4H3. The summed E-state index contributed by atoms with van der Waals surface area (Å²) in [7, 11) is 2.76. The van der Waals surface area contributed by atoms with E-state index in [1.54, 1.807) is 0 Å². The molecule has 1 heterocycles. The molecule has 0 aliphatic rings. The van der Waals surface area contributed by atoms with Crippen molar-refractivity contribution in [1.82, 2.24) is 4.98 Å². The molecule has 0 aromatic carbocycles. The number of aromatic nitrogens is 1. The third kappa shape index (κ3) is 2.71. The Balaban J connectivity index is 2.94. The highest BCUT2D eigenvalue weighted by Gasteiger charge is 2.20. The van der Waals surface area contributed by atoms with Crippen LogP contribution in [0.15, 0.2) is 4.42 Å². The molecule has 1 rings (SSSR count). The van der Waals surface area contributed by atoms with Crippen LogP contribution in [-0.2, 0) is 11.2 Å². The average molecular weight is 213 g/mol. The molecule has 0 aliphatic heterocycles. The minimum atomic E-state index is -0.594. The zero-order valence-electron chi connectivity index (χ0n) is 9.36. The minimum Gasteiger partial charge on any atom is -0.467 e. The summed E-state index contributed by atoms with van der Waals surface area (Å²) in [6, 6.07) is 0. The van der Waals surface area contributed by atoms with E-state index in [1.807, 2.05) is 13.8 Å². The van der Waals surface area contributed by atoms with Crippen molar-refractivity contribution < 1.29 is 18.7 Å². The van der Waals surface area contributed by atoms with E-state index in [1.165, 1.54) is 14.2 Å². The predicted molar refractivity (Wildman–Crippen MR) is 52.9 cm³/mol. The maximum absolute atomic E-state index is 11.1. The number of rotatable bonds is 4. The van der Waals surface area contributed by atoms with E-state index >= 15 is 0 Å². The zero-order valence-corrected chi connectivity index (χ0v) is 9.36. The fourth-order valence-electron chi connectivity index (χ4n) is 1.19. The molecule has 0 saturated heterocycles. The molecule has 0 radical (unpaired) electrons. The topological polar surface area (TPSA) is 61.6 Å². The maximum atomic E-state index is 11.1. The summed E-state index contributed by atoms with van der Waals surface area (Å²) in [5.74, 6) is 0.0342. The van der Waals surface area contributed by atoms with Gasteiger partial charge in [-0.1, -0.05) is 13.8 Å². The van der Waals surface area contributed by atoms with Gasteiger partial charge in [0.1, 0.15) is 5.69 Å². The number of ether oxygens (including phenoxy) is 2. The van der Waals surface area contributed by atoms with Gasteiger partial charge in [-0.15, -0.1) is 0 Å². The molecule has 0 saturated carbocycles. The largest absolute Gasteiger partial charge is 0.467 e. The first-order valence-corrected chi connectivity index (χ1v) is 4.70. The summed E-state index contributed by atoms with van der Waals surface area (Å²) in [5, 5.41) is 0. The smallest absolute Gasteiger partial charge is 0.394 e. The van der Waals surface area contributed by atoms with E-state index in [4.69, 9.17) is 9.15 Å². The van der Waals surface area contributed by atoms with Gasteiger partial charge in [-0.3, -0.25) is 0 Å². The molecular formula is C10H15NO4.